The SMILES string of the molecule is CCC(C)(I)CCC(I)C1=CCCCC1(C)C. The van der Waals surface area contributed by atoms with E-state index in [1.165, 1.54) is 38.5 Å². The molecule has 1 rings (SSSR count). The van der Waals surface area contributed by atoms with Gasteiger partial charge in [-0.25, -0.2) is 0 Å². The fourth-order valence-electron chi connectivity index (χ4n) is 2.53. The molecule has 0 radical (unpaired) electrons. The van der Waals surface area contributed by atoms with Gasteiger partial charge in [-0.1, -0.05) is 84.5 Å². The Morgan fingerprint density at radius 3 is 2.65 bits per heavy atom. The minimum atomic E-state index is 0.442. The molecule has 0 nitrogen and oxygen atoms in total. The largest absolute Gasteiger partial charge is 0.0837 e. The number of halogens is 2. The summed E-state index contributed by atoms with van der Waals surface area (Å²) in [5.41, 5.74) is 2.16. The Kier molecular flexibility index (Phi) is 6.29. The topological polar surface area (TPSA) is 0 Å². The molecule has 0 aromatic carbocycles. The highest BCUT2D eigenvalue weighted by atomic mass is 127. The number of hydrogen-bond acceptors (Lipinski definition) is 0. The molecule has 0 heterocycles. The highest BCUT2D eigenvalue weighted by Crippen LogP contribution is 2.43. The van der Waals surface area contributed by atoms with Crippen molar-refractivity contribution in [2.45, 2.75) is 73.6 Å². The van der Waals surface area contributed by atoms with Gasteiger partial charge in [0.25, 0.3) is 0 Å². The third-order valence-corrected chi connectivity index (χ3v) is 6.74. The van der Waals surface area contributed by atoms with Crippen molar-refractivity contribution in [3.8, 4) is 0 Å². The van der Waals surface area contributed by atoms with Gasteiger partial charge in [0.1, 0.15) is 0 Å². The van der Waals surface area contributed by atoms with Crippen molar-refractivity contribution in [3.63, 3.8) is 0 Å². The second-order valence-electron chi connectivity index (χ2n) is 6.21. The predicted octanol–water partition coefficient (Wildman–Crippen LogP) is 6.31. The van der Waals surface area contributed by atoms with Crippen LogP contribution in [0.2, 0.25) is 0 Å². The lowest BCUT2D eigenvalue weighted by Gasteiger charge is -2.35. The number of allylic oxidation sites excluding steroid dienone is 2. The van der Waals surface area contributed by atoms with Gasteiger partial charge in [0.15, 0.2) is 0 Å². The van der Waals surface area contributed by atoms with Crippen LogP contribution in [0, 0.1) is 5.41 Å². The fraction of sp³-hybridized carbons (Fsp3) is 0.867. The summed E-state index contributed by atoms with van der Waals surface area (Å²) in [6, 6.07) is 0. The van der Waals surface area contributed by atoms with Crippen LogP contribution in [0.1, 0.15) is 66.2 Å². The van der Waals surface area contributed by atoms with E-state index in [-0.39, 0.29) is 0 Å². The number of alkyl halides is 2. The second kappa shape index (κ2) is 6.58. The van der Waals surface area contributed by atoms with E-state index >= 15 is 0 Å². The minimum absolute atomic E-state index is 0.442. The van der Waals surface area contributed by atoms with Crippen LogP contribution in [0.3, 0.4) is 0 Å². The lowest BCUT2D eigenvalue weighted by atomic mass is 9.73. The molecule has 0 fully saturated rings. The normalized spacial score (nSPS) is 24.9. The van der Waals surface area contributed by atoms with Gasteiger partial charge in [-0.15, -0.1) is 0 Å². The fourth-order valence-corrected chi connectivity index (χ4v) is 4.25. The van der Waals surface area contributed by atoms with Crippen LogP contribution in [0.4, 0.5) is 0 Å². The Bertz CT molecular complexity index is 277. The maximum Gasteiger partial charge on any atom is 0.0324 e. The summed E-state index contributed by atoms with van der Waals surface area (Å²) in [5.74, 6) is 0. The molecule has 0 N–H and O–H groups in total. The van der Waals surface area contributed by atoms with Gasteiger partial charge in [0.2, 0.25) is 0 Å². The lowest BCUT2D eigenvalue weighted by Crippen LogP contribution is -2.25. The summed E-state index contributed by atoms with van der Waals surface area (Å²) < 4.78 is 1.23. The van der Waals surface area contributed by atoms with Crippen molar-refractivity contribution in [2.75, 3.05) is 0 Å². The summed E-state index contributed by atoms with van der Waals surface area (Å²) in [6.45, 7) is 9.54. The van der Waals surface area contributed by atoms with Crippen molar-refractivity contribution < 1.29 is 0 Å². The number of hydrogen-bond donors (Lipinski definition) is 0. The van der Waals surface area contributed by atoms with Crippen molar-refractivity contribution in [1.82, 2.24) is 0 Å². The zero-order valence-corrected chi connectivity index (χ0v) is 16.0. The van der Waals surface area contributed by atoms with E-state index in [1.807, 2.05) is 0 Å². The standard InChI is InChI=1S/C15H26I2/c1-5-15(4,17)11-9-13(16)12-8-6-7-10-14(12,2)3/h8,13H,5-7,9-11H2,1-4H3. The summed E-state index contributed by atoms with van der Waals surface area (Å²) in [6.07, 6.45) is 10.5. The zero-order valence-electron chi connectivity index (χ0n) is 11.7. The van der Waals surface area contributed by atoms with Gasteiger partial charge in [0.05, 0.1) is 0 Å². The van der Waals surface area contributed by atoms with Gasteiger partial charge in [0, 0.05) is 7.35 Å². The van der Waals surface area contributed by atoms with Gasteiger partial charge in [-0.05, 0) is 43.9 Å². The maximum absolute atomic E-state index is 2.67. The first kappa shape index (κ1) is 16.3. The molecule has 100 valence electrons. The van der Waals surface area contributed by atoms with Gasteiger partial charge >= 0.3 is 0 Å². The number of rotatable bonds is 5. The summed E-state index contributed by atoms with van der Waals surface area (Å²) in [4.78, 5) is 0. The van der Waals surface area contributed by atoms with Gasteiger partial charge in [-0.3, -0.25) is 0 Å². The average Bonchev–Trinajstić information content (AvgIpc) is 2.25. The first-order valence-electron chi connectivity index (χ1n) is 6.82. The molecule has 0 amide bonds. The first-order valence-corrected chi connectivity index (χ1v) is 9.14. The van der Waals surface area contributed by atoms with Crippen molar-refractivity contribution >= 4 is 45.2 Å². The Hall–Kier alpha value is 1.20. The van der Waals surface area contributed by atoms with Crippen molar-refractivity contribution in [3.05, 3.63) is 11.6 Å². The van der Waals surface area contributed by atoms with Gasteiger partial charge < -0.3 is 0 Å². The van der Waals surface area contributed by atoms with Crippen LogP contribution < -0.4 is 0 Å². The molecule has 2 unspecified atom stereocenters. The monoisotopic (exact) mass is 460 g/mol. The van der Waals surface area contributed by atoms with E-state index in [4.69, 9.17) is 0 Å². The van der Waals surface area contributed by atoms with E-state index in [1.54, 1.807) is 5.57 Å². The summed E-state index contributed by atoms with van der Waals surface area (Å²) >= 11 is 5.30. The van der Waals surface area contributed by atoms with E-state index in [9.17, 15) is 0 Å². The van der Waals surface area contributed by atoms with E-state index < -0.39 is 0 Å². The zero-order chi connectivity index (χ0) is 13.1. The van der Waals surface area contributed by atoms with Crippen LogP contribution in [0.5, 0.6) is 0 Å². The molecule has 1 aliphatic rings. The van der Waals surface area contributed by atoms with Crippen LogP contribution in [-0.2, 0) is 0 Å². The maximum atomic E-state index is 2.67. The summed E-state index contributed by atoms with van der Waals surface area (Å²) in [7, 11) is 0. The quantitative estimate of drug-likeness (QED) is 0.256. The lowest BCUT2D eigenvalue weighted by molar-refractivity contribution is 0.363. The van der Waals surface area contributed by atoms with E-state index in [2.05, 4.69) is 79.0 Å². The molecule has 0 saturated heterocycles. The highest BCUT2D eigenvalue weighted by Gasteiger charge is 2.30. The van der Waals surface area contributed by atoms with Crippen LogP contribution in [0.25, 0.3) is 0 Å². The Labute approximate surface area is 135 Å². The molecule has 1 aliphatic carbocycles. The van der Waals surface area contributed by atoms with E-state index in [0.717, 1.165) is 3.92 Å². The summed E-state index contributed by atoms with van der Waals surface area (Å²) in [5, 5.41) is 0. The average molecular weight is 460 g/mol. The highest BCUT2D eigenvalue weighted by molar-refractivity contribution is 14.1. The molecular weight excluding hydrogens is 434 g/mol. The molecule has 2 heteroatoms. The molecule has 0 aliphatic heterocycles. The molecule has 0 aromatic heterocycles. The molecule has 0 spiro atoms. The first-order chi connectivity index (χ1) is 7.78. The molecule has 0 saturated carbocycles. The second-order valence-corrected chi connectivity index (χ2v) is 10.3. The molecule has 0 bridgehead atoms. The van der Waals surface area contributed by atoms with E-state index in [0.29, 0.717) is 8.84 Å². The van der Waals surface area contributed by atoms with Crippen LogP contribution in [-0.4, -0.2) is 7.35 Å². The Balaban J connectivity index is 2.58. The Morgan fingerprint density at radius 2 is 2.12 bits per heavy atom. The third kappa shape index (κ3) is 5.00. The smallest absolute Gasteiger partial charge is 0.0324 e. The minimum Gasteiger partial charge on any atom is -0.0837 e. The Morgan fingerprint density at radius 1 is 1.47 bits per heavy atom. The van der Waals surface area contributed by atoms with Gasteiger partial charge in [-0.2, -0.15) is 0 Å². The molecule has 0 aromatic rings. The van der Waals surface area contributed by atoms with Crippen LogP contribution in [0.15, 0.2) is 11.6 Å². The molecule has 17 heavy (non-hydrogen) atoms. The molecule has 2 atom stereocenters. The van der Waals surface area contributed by atoms with Crippen molar-refractivity contribution in [2.24, 2.45) is 5.41 Å². The third-order valence-electron chi connectivity index (χ3n) is 4.15. The molecular formula is C15H26I2. The van der Waals surface area contributed by atoms with Crippen LogP contribution >= 0.6 is 45.2 Å². The van der Waals surface area contributed by atoms with Crippen molar-refractivity contribution in [1.29, 1.82) is 0 Å². The predicted molar refractivity (Wildman–Crippen MR) is 95.5 cm³/mol.